The monoisotopic (exact) mass is 163 g/mol. The van der Waals surface area contributed by atoms with Gasteiger partial charge in [0.05, 0.1) is 0 Å². The molecule has 0 atom stereocenters. The minimum absolute atomic E-state index is 0.0775. The molecular formula is C8H9N3O. The van der Waals surface area contributed by atoms with Gasteiger partial charge < -0.3 is 5.32 Å². The summed E-state index contributed by atoms with van der Waals surface area (Å²) in [5.74, 6) is 0.885. The topological polar surface area (TPSA) is 54.9 Å². The van der Waals surface area contributed by atoms with Crippen LogP contribution in [0.2, 0.25) is 0 Å². The predicted octanol–water partition coefficient (Wildman–Crippen LogP) is 0.825. The molecule has 1 aliphatic carbocycles. The van der Waals surface area contributed by atoms with E-state index in [1.807, 2.05) is 0 Å². The zero-order valence-electron chi connectivity index (χ0n) is 6.53. The van der Waals surface area contributed by atoms with Crippen molar-refractivity contribution in [2.24, 2.45) is 5.92 Å². The highest BCUT2D eigenvalue weighted by molar-refractivity contribution is 5.93. The number of aromatic nitrogens is 2. The van der Waals surface area contributed by atoms with Gasteiger partial charge >= 0.3 is 0 Å². The first-order valence-corrected chi connectivity index (χ1v) is 3.93. The van der Waals surface area contributed by atoms with Crippen molar-refractivity contribution in [2.45, 2.75) is 12.8 Å². The zero-order valence-corrected chi connectivity index (χ0v) is 6.53. The van der Waals surface area contributed by atoms with Crippen LogP contribution in [-0.4, -0.2) is 15.9 Å². The maximum absolute atomic E-state index is 11.2. The lowest BCUT2D eigenvalue weighted by molar-refractivity contribution is -0.117. The number of hydrogen-bond acceptors (Lipinski definition) is 3. The molecule has 0 aliphatic heterocycles. The van der Waals surface area contributed by atoms with Crippen LogP contribution in [-0.2, 0) is 4.79 Å². The second-order valence-electron chi connectivity index (χ2n) is 2.86. The standard InChI is InChI=1S/C8H9N3O/c12-8(6-1-2-6)11-7-3-4-9-5-10-7/h3-6H,1-2H2,(H,9,10,11,12). The molecule has 0 aromatic carbocycles. The highest BCUT2D eigenvalue weighted by Crippen LogP contribution is 2.29. The summed E-state index contributed by atoms with van der Waals surface area (Å²) in [6.07, 6.45) is 5.05. The SMILES string of the molecule is O=C(Nc1ccncn1)C1CC1. The minimum atomic E-state index is 0.0775. The number of nitrogens with zero attached hydrogens (tertiary/aromatic N) is 2. The fraction of sp³-hybridized carbons (Fsp3) is 0.375. The quantitative estimate of drug-likeness (QED) is 0.702. The molecule has 1 aromatic rings. The lowest BCUT2D eigenvalue weighted by Crippen LogP contribution is -2.14. The third-order valence-corrected chi connectivity index (χ3v) is 1.78. The van der Waals surface area contributed by atoms with Gasteiger partial charge in [0.25, 0.3) is 0 Å². The summed E-state index contributed by atoms with van der Waals surface area (Å²) < 4.78 is 0. The molecule has 0 radical (unpaired) electrons. The summed E-state index contributed by atoms with van der Waals surface area (Å²) in [6.45, 7) is 0. The number of nitrogens with one attached hydrogen (secondary N) is 1. The van der Waals surface area contributed by atoms with E-state index in [0.717, 1.165) is 12.8 Å². The average molecular weight is 163 g/mol. The van der Waals surface area contributed by atoms with Crippen LogP contribution in [0, 0.1) is 5.92 Å². The van der Waals surface area contributed by atoms with Crippen molar-refractivity contribution >= 4 is 11.7 Å². The Morgan fingerprint density at radius 2 is 2.42 bits per heavy atom. The van der Waals surface area contributed by atoms with Crippen LogP contribution in [0.25, 0.3) is 0 Å². The van der Waals surface area contributed by atoms with Crippen molar-refractivity contribution in [3.63, 3.8) is 0 Å². The highest BCUT2D eigenvalue weighted by Gasteiger charge is 2.29. The Labute approximate surface area is 70.0 Å². The summed E-state index contributed by atoms with van der Waals surface area (Å²) in [7, 11) is 0. The Bertz CT molecular complexity index is 282. The third kappa shape index (κ3) is 1.58. The van der Waals surface area contributed by atoms with Crippen molar-refractivity contribution in [1.29, 1.82) is 0 Å². The van der Waals surface area contributed by atoms with Gasteiger partial charge in [-0.1, -0.05) is 0 Å². The molecule has 1 aliphatic rings. The van der Waals surface area contributed by atoms with Gasteiger partial charge in [0.15, 0.2) is 0 Å². The van der Waals surface area contributed by atoms with Crippen LogP contribution in [0.15, 0.2) is 18.6 Å². The Morgan fingerprint density at radius 3 is 3.00 bits per heavy atom. The number of carbonyl (C=O) groups excluding carboxylic acids is 1. The molecule has 1 N–H and O–H groups in total. The van der Waals surface area contributed by atoms with Crippen LogP contribution >= 0.6 is 0 Å². The second kappa shape index (κ2) is 2.89. The Hall–Kier alpha value is -1.45. The largest absolute Gasteiger partial charge is 0.310 e. The maximum Gasteiger partial charge on any atom is 0.228 e. The van der Waals surface area contributed by atoms with E-state index in [-0.39, 0.29) is 11.8 Å². The molecule has 1 saturated carbocycles. The van der Waals surface area contributed by atoms with Crippen molar-refractivity contribution in [3.05, 3.63) is 18.6 Å². The number of carbonyl (C=O) groups is 1. The van der Waals surface area contributed by atoms with E-state index in [1.165, 1.54) is 6.33 Å². The van der Waals surface area contributed by atoms with Gasteiger partial charge in [-0.05, 0) is 18.9 Å². The summed E-state index contributed by atoms with van der Waals surface area (Å²) in [5.41, 5.74) is 0. The van der Waals surface area contributed by atoms with Gasteiger partial charge in [-0.15, -0.1) is 0 Å². The molecule has 1 amide bonds. The predicted molar refractivity (Wildman–Crippen MR) is 43.4 cm³/mol. The van der Waals surface area contributed by atoms with Crippen LogP contribution in [0.4, 0.5) is 5.82 Å². The molecule has 2 rings (SSSR count). The zero-order chi connectivity index (χ0) is 8.39. The van der Waals surface area contributed by atoms with Gasteiger partial charge in [0.1, 0.15) is 12.1 Å². The molecule has 0 spiro atoms. The number of amides is 1. The number of rotatable bonds is 2. The maximum atomic E-state index is 11.2. The molecule has 1 aromatic heterocycles. The van der Waals surface area contributed by atoms with Gasteiger partial charge in [-0.3, -0.25) is 4.79 Å². The van der Waals surface area contributed by atoms with Crippen molar-refractivity contribution in [1.82, 2.24) is 9.97 Å². The van der Waals surface area contributed by atoms with E-state index in [0.29, 0.717) is 5.82 Å². The van der Waals surface area contributed by atoms with E-state index in [1.54, 1.807) is 12.3 Å². The van der Waals surface area contributed by atoms with E-state index in [2.05, 4.69) is 15.3 Å². The fourth-order valence-electron chi connectivity index (χ4n) is 0.938. The summed E-state index contributed by atoms with van der Waals surface area (Å²) in [6, 6.07) is 1.68. The second-order valence-corrected chi connectivity index (χ2v) is 2.86. The van der Waals surface area contributed by atoms with Gasteiger partial charge in [0, 0.05) is 12.1 Å². The molecule has 1 heterocycles. The average Bonchev–Trinajstić information content (AvgIpc) is 2.88. The molecule has 4 nitrogen and oxygen atoms in total. The summed E-state index contributed by atoms with van der Waals surface area (Å²) in [4.78, 5) is 18.8. The minimum Gasteiger partial charge on any atom is -0.310 e. The molecule has 62 valence electrons. The molecule has 0 unspecified atom stereocenters. The smallest absolute Gasteiger partial charge is 0.228 e. The first kappa shape index (κ1) is 7.21. The lowest BCUT2D eigenvalue weighted by Gasteiger charge is -2.00. The molecule has 1 fully saturated rings. The summed E-state index contributed by atoms with van der Waals surface area (Å²) in [5, 5.41) is 2.71. The lowest BCUT2D eigenvalue weighted by atomic mass is 10.4. The number of hydrogen-bond donors (Lipinski definition) is 1. The van der Waals surface area contributed by atoms with Gasteiger partial charge in [-0.2, -0.15) is 0 Å². The van der Waals surface area contributed by atoms with Crippen molar-refractivity contribution < 1.29 is 4.79 Å². The van der Waals surface area contributed by atoms with Gasteiger partial charge in [0.2, 0.25) is 5.91 Å². The summed E-state index contributed by atoms with van der Waals surface area (Å²) >= 11 is 0. The molecule has 0 bridgehead atoms. The molecule has 0 saturated heterocycles. The van der Waals surface area contributed by atoms with Crippen LogP contribution < -0.4 is 5.32 Å². The van der Waals surface area contributed by atoms with Crippen molar-refractivity contribution in [2.75, 3.05) is 5.32 Å². The van der Waals surface area contributed by atoms with Crippen LogP contribution in [0.5, 0.6) is 0 Å². The number of anilines is 1. The Kier molecular flexibility index (Phi) is 1.74. The first-order valence-electron chi connectivity index (χ1n) is 3.93. The van der Waals surface area contributed by atoms with Gasteiger partial charge in [-0.25, -0.2) is 9.97 Å². The fourth-order valence-corrected chi connectivity index (χ4v) is 0.938. The van der Waals surface area contributed by atoms with E-state index in [9.17, 15) is 4.79 Å². The van der Waals surface area contributed by atoms with Crippen LogP contribution in [0.3, 0.4) is 0 Å². The highest BCUT2D eigenvalue weighted by atomic mass is 16.2. The third-order valence-electron chi connectivity index (χ3n) is 1.78. The normalized spacial score (nSPS) is 15.7. The first-order chi connectivity index (χ1) is 5.86. The van der Waals surface area contributed by atoms with E-state index in [4.69, 9.17) is 0 Å². The molecular weight excluding hydrogens is 154 g/mol. The van der Waals surface area contributed by atoms with Crippen LogP contribution in [0.1, 0.15) is 12.8 Å². The van der Waals surface area contributed by atoms with E-state index < -0.39 is 0 Å². The molecule has 12 heavy (non-hydrogen) atoms. The van der Waals surface area contributed by atoms with E-state index >= 15 is 0 Å². The Morgan fingerprint density at radius 1 is 1.58 bits per heavy atom. The van der Waals surface area contributed by atoms with Crippen molar-refractivity contribution in [3.8, 4) is 0 Å². The molecule has 4 heteroatoms. The Balaban J connectivity index is 1.98.